The van der Waals surface area contributed by atoms with Gasteiger partial charge >= 0.3 is 12.4 Å². The van der Waals surface area contributed by atoms with Gasteiger partial charge in [-0.15, -0.1) is 5.10 Å². The molecule has 0 aliphatic rings. The Balaban J connectivity index is 2.09. The largest absolute Gasteiger partial charge is 0.435 e. The number of carbonyl (C=O) groups excluding carboxylic acids is 1. The molecule has 0 radical (unpaired) electrons. The Hall–Kier alpha value is -3.34. The second-order valence-corrected chi connectivity index (χ2v) is 8.52. The lowest BCUT2D eigenvalue weighted by Crippen LogP contribution is -2.33. The molecule has 1 heterocycles. The molecule has 188 valence electrons. The second-order valence-electron chi connectivity index (χ2n) is 6.49. The molecule has 1 amide bonds. The van der Waals surface area contributed by atoms with Gasteiger partial charge in [-0.2, -0.15) is 26.3 Å². The van der Waals surface area contributed by atoms with Crippen LogP contribution in [0.5, 0.6) is 0 Å². The summed E-state index contributed by atoms with van der Waals surface area (Å²) in [4.78, 5) is 10.4. The van der Waals surface area contributed by atoms with E-state index in [1.165, 1.54) is 0 Å². The highest BCUT2D eigenvalue weighted by Gasteiger charge is 2.43. The molecule has 18 heteroatoms. The zero-order valence-electron chi connectivity index (χ0n) is 16.1. The number of aromatic nitrogens is 3. The molecule has 1 aromatic heterocycles. The van der Waals surface area contributed by atoms with Gasteiger partial charge in [-0.3, -0.25) is 4.79 Å². The van der Waals surface area contributed by atoms with Crippen LogP contribution >= 0.6 is 11.6 Å². The average Bonchev–Trinajstić information content (AvgIpc) is 3.11. The Morgan fingerprint density at radius 3 is 2.00 bits per heavy atom. The highest BCUT2D eigenvalue weighted by atomic mass is 35.5. The summed E-state index contributed by atoms with van der Waals surface area (Å²) in [5, 5.41) is 5.00. The van der Waals surface area contributed by atoms with E-state index in [0.29, 0.717) is 12.1 Å². The van der Waals surface area contributed by atoms with Gasteiger partial charge < -0.3 is 0 Å². The standard InChI is InChI=1S/C17H6ClF9N4O3S/c18-8-3-6(16(22,23)24)1-2-11(8)31-14(17(25,26)27)12(28-30-31)15(32)29-35(33,34)13-9(20)4-7(19)5-10(13)21/h1-5H,(H,29,32). The van der Waals surface area contributed by atoms with Crippen LogP contribution in [0, 0.1) is 17.5 Å². The smallest absolute Gasteiger partial charge is 0.266 e. The molecule has 1 N–H and O–H groups in total. The molecule has 0 aliphatic heterocycles. The van der Waals surface area contributed by atoms with Gasteiger partial charge in [0.05, 0.1) is 16.3 Å². The van der Waals surface area contributed by atoms with Crippen LogP contribution in [-0.4, -0.2) is 29.3 Å². The van der Waals surface area contributed by atoms with Gasteiger partial charge in [0.25, 0.3) is 15.9 Å². The molecule has 0 spiro atoms. The van der Waals surface area contributed by atoms with E-state index < -0.39 is 78.3 Å². The van der Waals surface area contributed by atoms with Gasteiger partial charge in [0.15, 0.2) is 16.3 Å². The van der Waals surface area contributed by atoms with Crippen LogP contribution in [-0.2, 0) is 22.4 Å². The van der Waals surface area contributed by atoms with Crippen molar-refractivity contribution in [2.45, 2.75) is 17.2 Å². The monoisotopic (exact) mass is 552 g/mol. The highest BCUT2D eigenvalue weighted by molar-refractivity contribution is 7.90. The fourth-order valence-electron chi connectivity index (χ4n) is 2.72. The molecule has 0 saturated heterocycles. The van der Waals surface area contributed by atoms with E-state index in [2.05, 4.69) is 10.3 Å². The minimum atomic E-state index is -5.55. The Morgan fingerprint density at radius 1 is 0.943 bits per heavy atom. The minimum Gasteiger partial charge on any atom is -0.266 e. The third kappa shape index (κ3) is 5.19. The van der Waals surface area contributed by atoms with Crippen LogP contribution in [0.2, 0.25) is 5.02 Å². The molecule has 0 unspecified atom stereocenters. The number of alkyl halides is 6. The predicted octanol–water partition coefficient (Wildman–Crippen LogP) is 4.49. The Kier molecular flexibility index (Phi) is 6.53. The maximum absolute atomic E-state index is 13.8. The number of sulfonamides is 1. The minimum absolute atomic E-state index is 0.0633. The van der Waals surface area contributed by atoms with E-state index in [9.17, 15) is 52.7 Å². The van der Waals surface area contributed by atoms with E-state index in [1.54, 1.807) is 0 Å². The van der Waals surface area contributed by atoms with E-state index >= 15 is 0 Å². The lowest BCUT2D eigenvalue weighted by atomic mass is 10.2. The summed E-state index contributed by atoms with van der Waals surface area (Å²) in [6.45, 7) is 0. The SMILES string of the molecule is O=C(NS(=O)(=O)c1c(F)cc(F)cc1F)c1nnn(-c2ccc(C(F)(F)F)cc2Cl)c1C(F)(F)F. The van der Waals surface area contributed by atoms with Crippen molar-refractivity contribution < 1.29 is 52.7 Å². The number of halogens is 10. The number of nitrogens with zero attached hydrogens (tertiary/aromatic N) is 3. The van der Waals surface area contributed by atoms with Crippen molar-refractivity contribution >= 4 is 27.5 Å². The summed E-state index contributed by atoms with van der Waals surface area (Å²) in [7, 11) is -5.55. The Bertz CT molecular complexity index is 1410. The molecule has 0 saturated carbocycles. The van der Waals surface area contributed by atoms with Crippen molar-refractivity contribution in [2.24, 2.45) is 0 Å². The normalized spacial score (nSPS) is 12.6. The van der Waals surface area contributed by atoms with Gasteiger partial charge in [0.1, 0.15) is 17.5 Å². The van der Waals surface area contributed by atoms with Gasteiger partial charge in [-0.25, -0.2) is 31.0 Å². The number of amides is 1. The highest BCUT2D eigenvalue weighted by Crippen LogP contribution is 2.37. The van der Waals surface area contributed by atoms with Gasteiger partial charge in [0, 0.05) is 12.1 Å². The van der Waals surface area contributed by atoms with E-state index in [4.69, 9.17) is 11.6 Å². The third-order valence-corrected chi connectivity index (χ3v) is 5.80. The number of rotatable bonds is 4. The van der Waals surface area contributed by atoms with Crippen molar-refractivity contribution in [2.75, 3.05) is 0 Å². The van der Waals surface area contributed by atoms with Gasteiger partial charge in [-0.05, 0) is 18.2 Å². The summed E-state index contributed by atoms with van der Waals surface area (Å²) in [5.74, 6) is -7.70. The molecule has 0 fully saturated rings. The molecule has 0 bridgehead atoms. The molecule has 35 heavy (non-hydrogen) atoms. The van der Waals surface area contributed by atoms with Crippen molar-refractivity contribution in [3.63, 3.8) is 0 Å². The number of nitrogens with one attached hydrogen (secondary N) is 1. The Labute approximate surface area is 193 Å². The summed E-state index contributed by atoms with van der Waals surface area (Å²) in [5.41, 5.74) is -5.96. The van der Waals surface area contributed by atoms with Crippen molar-refractivity contribution in [3.8, 4) is 5.69 Å². The van der Waals surface area contributed by atoms with Crippen LogP contribution in [0.3, 0.4) is 0 Å². The first-order valence-electron chi connectivity index (χ1n) is 8.55. The fourth-order valence-corrected chi connectivity index (χ4v) is 4.05. The zero-order valence-corrected chi connectivity index (χ0v) is 17.7. The van der Waals surface area contributed by atoms with Crippen LogP contribution in [0.25, 0.3) is 5.69 Å². The molecule has 0 aliphatic carbocycles. The summed E-state index contributed by atoms with van der Waals surface area (Å²) in [6.07, 6.45) is -10.4. The number of carbonyl (C=O) groups is 1. The van der Waals surface area contributed by atoms with Crippen molar-refractivity contribution in [1.29, 1.82) is 0 Å². The topological polar surface area (TPSA) is 93.9 Å². The lowest BCUT2D eigenvalue weighted by molar-refractivity contribution is -0.143. The molecular weight excluding hydrogens is 547 g/mol. The van der Waals surface area contributed by atoms with Crippen LogP contribution in [0.4, 0.5) is 39.5 Å². The van der Waals surface area contributed by atoms with Crippen LogP contribution in [0.15, 0.2) is 35.2 Å². The maximum Gasteiger partial charge on any atom is 0.435 e. The van der Waals surface area contributed by atoms with E-state index in [0.717, 1.165) is 4.72 Å². The van der Waals surface area contributed by atoms with Gasteiger partial charge in [0.2, 0.25) is 0 Å². The van der Waals surface area contributed by atoms with Crippen molar-refractivity contribution in [3.05, 3.63) is 69.8 Å². The third-order valence-electron chi connectivity index (χ3n) is 4.12. The summed E-state index contributed by atoms with van der Waals surface area (Å²) < 4.78 is 145. The van der Waals surface area contributed by atoms with Crippen LogP contribution in [0.1, 0.15) is 21.7 Å². The predicted molar refractivity (Wildman–Crippen MR) is 97.3 cm³/mol. The molecule has 3 aromatic rings. The number of benzene rings is 2. The number of hydrogen-bond acceptors (Lipinski definition) is 5. The lowest BCUT2D eigenvalue weighted by Gasteiger charge is -2.14. The molecule has 2 aromatic carbocycles. The quantitative estimate of drug-likeness (QED) is 0.481. The first-order valence-corrected chi connectivity index (χ1v) is 10.4. The Morgan fingerprint density at radius 2 is 1.51 bits per heavy atom. The molecular formula is C17H6ClF9N4O3S. The molecule has 3 rings (SSSR count). The van der Waals surface area contributed by atoms with E-state index in [-0.39, 0.29) is 22.9 Å². The molecule has 0 atom stereocenters. The average molecular weight is 553 g/mol. The summed E-state index contributed by atoms with van der Waals surface area (Å²) in [6, 6.07) is 0.978. The summed E-state index contributed by atoms with van der Waals surface area (Å²) >= 11 is 5.65. The first-order chi connectivity index (χ1) is 15.9. The maximum atomic E-state index is 13.8. The zero-order chi connectivity index (χ0) is 26.5. The number of hydrogen-bond donors (Lipinski definition) is 1. The van der Waals surface area contributed by atoms with Crippen LogP contribution < -0.4 is 4.72 Å². The first kappa shape index (κ1) is 26.3. The van der Waals surface area contributed by atoms with E-state index in [1.807, 2.05) is 0 Å². The molecule has 7 nitrogen and oxygen atoms in total. The van der Waals surface area contributed by atoms with Crippen molar-refractivity contribution in [1.82, 2.24) is 19.7 Å². The fraction of sp³-hybridized carbons (Fsp3) is 0.118. The van der Waals surface area contributed by atoms with Gasteiger partial charge in [-0.1, -0.05) is 16.8 Å². The second kappa shape index (κ2) is 8.71.